The molecule has 74 valence electrons. The lowest BCUT2D eigenvalue weighted by molar-refractivity contribution is -0.118. The molecule has 0 saturated carbocycles. The molecule has 1 rings (SSSR count). The van der Waals surface area contributed by atoms with E-state index in [0.717, 1.165) is 24.7 Å². The van der Waals surface area contributed by atoms with Gasteiger partial charge in [-0.3, -0.25) is 9.79 Å². The molecule has 1 unspecified atom stereocenters. The van der Waals surface area contributed by atoms with Gasteiger partial charge in [0, 0.05) is 18.2 Å². The highest BCUT2D eigenvalue weighted by atomic mass is 32.2. The molecule has 1 amide bonds. The number of aliphatic imine (C=N–C) groups is 1. The van der Waals surface area contributed by atoms with Crippen molar-refractivity contribution in [3.63, 3.8) is 0 Å². The van der Waals surface area contributed by atoms with Crippen molar-refractivity contribution in [2.45, 2.75) is 25.0 Å². The fourth-order valence-corrected chi connectivity index (χ4v) is 1.90. The number of hydrogen-bond donors (Lipinski definition) is 2. The first kappa shape index (κ1) is 10.4. The maximum atomic E-state index is 10.4. The molecule has 1 aliphatic heterocycles. The number of amides is 1. The van der Waals surface area contributed by atoms with Gasteiger partial charge in [0.05, 0.1) is 6.54 Å². The number of thioether (sulfide) groups is 1. The third kappa shape index (κ3) is 4.17. The Balaban J connectivity index is 2.03. The largest absolute Gasteiger partial charge is 0.370 e. The van der Waals surface area contributed by atoms with Crippen LogP contribution in [0.25, 0.3) is 0 Å². The molecule has 0 saturated heterocycles. The van der Waals surface area contributed by atoms with Gasteiger partial charge >= 0.3 is 0 Å². The van der Waals surface area contributed by atoms with Gasteiger partial charge in [0.2, 0.25) is 5.91 Å². The van der Waals surface area contributed by atoms with Crippen molar-refractivity contribution in [2.75, 3.05) is 13.1 Å². The first-order valence-electron chi connectivity index (χ1n) is 4.42. The number of nitrogens with zero attached hydrogens (tertiary/aromatic N) is 1. The normalized spacial score (nSPS) is 21.3. The summed E-state index contributed by atoms with van der Waals surface area (Å²) in [5.74, 6) is -0.240. The second kappa shape index (κ2) is 5.11. The molecule has 0 fully saturated rings. The second-order valence-corrected chi connectivity index (χ2v) is 4.50. The highest BCUT2D eigenvalue weighted by molar-refractivity contribution is 8.14. The first-order chi connectivity index (χ1) is 6.18. The molecule has 4 nitrogen and oxygen atoms in total. The maximum Gasteiger partial charge on any atom is 0.217 e. The van der Waals surface area contributed by atoms with Crippen LogP contribution in [-0.2, 0) is 4.79 Å². The minimum atomic E-state index is -0.240. The van der Waals surface area contributed by atoms with Gasteiger partial charge in [0.15, 0.2) is 5.17 Å². The molecule has 1 heterocycles. The number of amidine groups is 1. The predicted octanol–water partition coefficient (Wildman–Crippen LogP) is 0.333. The van der Waals surface area contributed by atoms with Crippen LogP contribution in [0.5, 0.6) is 0 Å². The van der Waals surface area contributed by atoms with E-state index in [1.54, 1.807) is 11.8 Å². The fourth-order valence-electron chi connectivity index (χ4n) is 1.03. The number of carbonyl (C=O) groups excluding carboxylic acids is 1. The molecular formula is C8H15N3OS. The van der Waals surface area contributed by atoms with Gasteiger partial charge in [-0.05, 0) is 6.42 Å². The van der Waals surface area contributed by atoms with Crippen LogP contribution in [0.4, 0.5) is 0 Å². The fraction of sp³-hybridized carbons (Fsp3) is 0.750. The van der Waals surface area contributed by atoms with Crippen LogP contribution >= 0.6 is 11.8 Å². The molecule has 0 aromatic rings. The van der Waals surface area contributed by atoms with E-state index in [9.17, 15) is 4.79 Å². The predicted molar refractivity (Wildman–Crippen MR) is 55.8 cm³/mol. The number of rotatable bonds is 4. The van der Waals surface area contributed by atoms with Crippen molar-refractivity contribution >= 4 is 22.8 Å². The summed E-state index contributed by atoms with van der Waals surface area (Å²) in [4.78, 5) is 14.7. The zero-order valence-electron chi connectivity index (χ0n) is 7.75. The summed E-state index contributed by atoms with van der Waals surface area (Å²) in [5.41, 5.74) is 5.01. The third-order valence-corrected chi connectivity index (χ3v) is 2.73. The van der Waals surface area contributed by atoms with E-state index >= 15 is 0 Å². The van der Waals surface area contributed by atoms with E-state index < -0.39 is 0 Å². The van der Waals surface area contributed by atoms with Crippen LogP contribution in [0.1, 0.15) is 19.8 Å². The lowest BCUT2D eigenvalue weighted by atomic mass is 10.3. The molecule has 0 spiro atoms. The summed E-state index contributed by atoms with van der Waals surface area (Å²) >= 11 is 1.75. The minimum absolute atomic E-state index is 0.240. The molecule has 1 aliphatic rings. The van der Waals surface area contributed by atoms with E-state index in [1.807, 2.05) is 0 Å². The summed E-state index contributed by atoms with van der Waals surface area (Å²) in [5, 5.41) is 4.75. The minimum Gasteiger partial charge on any atom is -0.370 e. The summed E-state index contributed by atoms with van der Waals surface area (Å²) in [6.07, 6.45) is 1.23. The van der Waals surface area contributed by atoms with Gasteiger partial charge in [-0.2, -0.15) is 0 Å². The smallest absolute Gasteiger partial charge is 0.217 e. The van der Waals surface area contributed by atoms with Crippen molar-refractivity contribution in [3.8, 4) is 0 Å². The summed E-state index contributed by atoms with van der Waals surface area (Å²) in [7, 11) is 0. The van der Waals surface area contributed by atoms with Crippen molar-refractivity contribution in [3.05, 3.63) is 0 Å². The van der Waals surface area contributed by atoms with Gasteiger partial charge in [0.25, 0.3) is 0 Å². The Morgan fingerprint density at radius 3 is 3.15 bits per heavy atom. The van der Waals surface area contributed by atoms with Crippen LogP contribution in [-0.4, -0.2) is 29.4 Å². The highest BCUT2D eigenvalue weighted by Gasteiger charge is 2.13. The average Bonchev–Trinajstić information content (AvgIpc) is 2.45. The monoisotopic (exact) mass is 201 g/mol. The maximum absolute atomic E-state index is 10.4. The second-order valence-electron chi connectivity index (χ2n) is 3.07. The van der Waals surface area contributed by atoms with Gasteiger partial charge in [-0.1, -0.05) is 18.7 Å². The van der Waals surface area contributed by atoms with Crippen molar-refractivity contribution in [1.82, 2.24) is 5.32 Å². The number of nitrogens with one attached hydrogen (secondary N) is 1. The van der Waals surface area contributed by atoms with Gasteiger partial charge < -0.3 is 11.1 Å². The molecule has 0 aliphatic carbocycles. The molecule has 0 bridgehead atoms. The number of primary amides is 1. The van der Waals surface area contributed by atoms with Crippen LogP contribution in [0.3, 0.4) is 0 Å². The van der Waals surface area contributed by atoms with E-state index in [0.29, 0.717) is 11.7 Å². The third-order valence-electron chi connectivity index (χ3n) is 1.68. The van der Waals surface area contributed by atoms with Gasteiger partial charge in [-0.15, -0.1) is 0 Å². The molecule has 3 N–H and O–H groups in total. The molecule has 1 atom stereocenters. The topological polar surface area (TPSA) is 67.5 Å². The zero-order chi connectivity index (χ0) is 9.68. The van der Waals surface area contributed by atoms with E-state index in [2.05, 4.69) is 17.2 Å². The Morgan fingerprint density at radius 2 is 2.62 bits per heavy atom. The summed E-state index contributed by atoms with van der Waals surface area (Å²) in [6.45, 7) is 3.82. The van der Waals surface area contributed by atoms with E-state index in [4.69, 9.17) is 5.73 Å². The first-order valence-corrected chi connectivity index (χ1v) is 5.29. The van der Waals surface area contributed by atoms with Crippen molar-refractivity contribution in [1.29, 1.82) is 0 Å². The quantitative estimate of drug-likeness (QED) is 0.644. The molecule has 0 aromatic carbocycles. The van der Waals surface area contributed by atoms with Gasteiger partial charge in [-0.25, -0.2) is 0 Å². The Labute approximate surface area is 82.4 Å². The Kier molecular flexibility index (Phi) is 4.08. The number of carbonyl (C=O) groups is 1. The lowest BCUT2D eigenvalue weighted by Gasteiger charge is -2.04. The Hall–Kier alpha value is -0.710. The van der Waals surface area contributed by atoms with Crippen LogP contribution in [0.15, 0.2) is 4.99 Å². The van der Waals surface area contributed by atoms with Gasteiger partial charge in [0.1, 0.15) is 0 Å². The van der Waals surface area contributed by atoms with E-state index in [1.165, 1.54) is 0 Å². The van der Waals surface area contributed by atoms with Crippen LogP contribution in [0, 0.1) is 0 Å². The Bertz CT molecular complexity index is 217. The van der Waals surface area contributed by atoms with E-state index in [-0.39, 0.29) is 5.91 Å². The van der Waals surface area contributed by atoms with Crippen LogP contribution in [0.2, 0.25) is 0 Å². The summed E-state index contributed by atoms with van der Waals surface area (Å²) < 4.78 is 0. The molecule has 13 heavy (non-hydrogen) atoms. The molecular weight excluding hydrogens is 186 g/mol. The molecule has 0 aromatic heterocycles. The molecule has 5 heteroatoms. The van der Waals surface area contributed by atoms with Crippen molar-refractivity contribution in [2.24, 2.45) is 10.7 Å². The standard InChI is InChI=1S/C8H15N3OS/c1-6-5-11-8(13-6)10-4-2-3-7(9)12/h6H,2-5H2,1H3,(H2,9,12)(H,10,11). The average molecular weight is 201 g/mol. The molecule has 0 radical (unpaired) electrons. The SMILES string of the molecule is CC1CN=C(NCCCC(N)=O)S1. The lowest BCUT2D eigenvalue weighted by Crippen LogP contribution is -2.22. The van der Waals surface area contributed by atoms with Crippen molar-refractivity contribution < 1.29 is 4.79 Å². The number of nitrogens with two attached hydrogens (primary N) is 1. The highest BCUT2D eigenvalue weighted by Crippen LogP contribution is 2.18. The zero-order valence-corrected chi connectivity index (χ0v) is 8.56. The van der Waals surface area contributed by atoms with Crippen LogP contribution < -0.4 is 11.1 Å². The number of hydrogen-bond acceptors (Lipinski definition) is 4. The summed E-state index contributed by atoms with van der Waals surface area (Å²) in [6, 6.07) is 0. The Morgan fingerprint density at radius 1 is 1.85 bits per heavy atom.